The maximum Gasteiger partial charge on any atom is 0.147 e. The lowest BCUT2D eigenvalue weighted by atomic mass is 10.2. The molecule has 0 bridgehead atoms. The van der Waals surface area contributed by atoms with Gasteiger partial charge >= 0.3 is 0 Å². The van der Waals surface area contributed by atoms with Crippen molar-refractivity contribution in [2.75, 3.05) is 0 Å². The molecule has 0 atom stereocenters. The van der Waals surface area contributed by atoms with Gasteiger partial charge in [-0.25, -0.2) is 8.78 Å². The highest BCUT2D eigenvalue weighted by atomic mass is 19.1. The fourth-order valence-corrected chi connectivity index (χ4v) is 2.52. The molecule has 0 saturated heterocycles. The predicted molar refractivity (Wildman–Crippen MR) is 109 cm³/mol. The molecule has 0 saturated carbocycles. The molecule has 0 aliphatic carbocycles. The summed E-state index contributed by atoms with van der Waals surface area (Å²) in [5.74, 6) is -0.345. The molecule has 0 unspecified atom stereocenters. The Balaban J connectivity index is 0.000000219. The minimum atomic E-state index is -0.185. The highest BCUT2D eigenvalue weighted by Gasteiger charge is 2.01. The molecule has 0 radical (unpaired) electrons. The third-order valence-corrected chi connectivity index (χ3v) is 3.49. The molecule has 0 amide bonds. The van der Waals surface area contributed by atoms with Crippen LogP contribution in [0.3, 0.4) is 0 Å². The average molecular weight is 358 g/mol. The largest absolute Gasteiger partial charge is 0.359 e. The molecule has 0 spiro atoms. The van der Waals surface area contributed by atoms with Gasteiger partial charge in [0.15, 0.2) is 0 Å². The highest BCUT2D eigenvalue weighted by Crippen LogP contribution is 2.18. The van der Waals surface area contributed by atoms with Crippen LogP contribution in [-0.4, -0.2) is 9.97 Å². The quantitative estimate of drug-likeness (QED) is 0.331. The number of benzene rings is 2. The molecule has 4 aromatic rings. The molecular weight excluding hydrogens is 330 g/mol. The monoisotopic (exact) mass is 358 g/mol. The first-order valence-corrected chi connectivity index (χ1v) is 9.02. The Morgan fingerprint density at radius 3 is 1.88 bits per heavy atom. The van der Waals surface area contributed by atoms with Crippen LogP contribution in [0.2, 0.25) is 0 Å². The van der Waals surface area contributed by atoms with Crippen molar-refractivity contribution >= 4 is 21.8 Å². The van der Waals surface area contributed by atoms with Gasteiger partial charge in [0, 0.05) is 27.7 Å². The van der Waals surface area contributed by atoms with Crippen molar-refractivity contribution in [1.29, 1.82) is 0 Å². The fourth-order valence-electron chi connectivity index (χ4n) is 2.52. The van der Waals surface area contributed by atoms with Gasteiger partial charge in [-0.2, -0.15) is 0 Å². The topological polar surface area (TPSA) is 31.6 Å². The average Bonchev–Trinajstić information content (AvgIpc) is 3.22. The van der Waals surface area contributed by atoms with Crippen molar-refractivity contribution in [1.82, 2.24) is 9.97 Å². The number of halogens is 2. The number of fused-ring (bicyclic) bond motifs is 2. The first kappa shape index (κ1) is 21.4. The van der Waals surface area contributed by atoms with Gasteiger partial charge < -0.3 is 9.97 Å². The van der Waals surface area contributed by atoms with Crippen LogP contribution < -0.4 is 0 Å². The van der Waals surface area contributed by atoms with Gasteiger partial charge in [0.25, 0.3) is 0 Å². The molecule has 2 heterocycles. The molecule has 2 aromatic carbocycles. The SMILES string of the molecule is CC.CC.Cc1cc2c(F)cccc2[nH]1.Cc1cc2cccc(F)c2[nH]1. The molecule has 0 aliphatic rings. The number of H-pyrrole nitrogens is 2. The maximum absolute atomic E-state index is 13.0. The minimum Gasteiger partial charge on any atom is -0.359 e. The van der Waals surface area contributed by atoms with E-state index in [9.17, 15) is 8.78 Å². The Hall–Kier alpha value is -2.62. The van der Waals surface area contributed by atoms with E-state index in [2.05, 4.69) is 9.97 Å². The minimum absolute atomic E-state index is 0.160. The number of rotatable bonds is 0. The van der Waals surface area contributed by atoms with Crippen LogP contribution in [0.25, 0.3) is 21.8 Å². The summed E-state index contributed by atoms with van der Waals surface area (Å²) in [4.78, 5) is 6.01. The second kappa shape index (κ2) is 10.4. The molecule has 0 fully saturated rings. The van der Waals surface area contributed by atoms with Gasteiger partial charge in [-0.15, -0.1) is 0 Å². The number of nitrogens with one attached hydrogen (secondary N) is 2. The third kappa shape index (κ3) is 5.19. The number of aromatic amines is 2. The number of hydrogen-bond donors (Lipinski definition) is 2. The van der Waals surface area contributed by atoms with Crippen molar-refractivity contribution in [3.05, 3.63) is 71.6 Å². The molecule has 26 heavy (non-hydrogen) atoms. The van der Waals surface area contributed by atoms with Crippen molar-refractivity contribution < 1.29 is 8.78 Å². The van der Waals surface area contributed by atoms with Crippen molar-refractivity contribution in [3.8, 4) is 0 Å². The zero-order valence-corrected chi connectivity index (χ0v) is 16.4. The third-order valence-electron chi connectivity index (χ3n) is 3.49. The first-order chi connectivity index (χ1) is 12.5. The van der Waals surface area contributed by atoms with Gasteiger partial charge in [-0.1, -0.05) is 45.9 Å². The summed E-state index contributed by atoms with van der Waals surface area (Å²) in [5, 5.41) is 1.60. The van der Waals surface area contributed by atoms with E-state index >= 15 is 0 Å². The lowest BCUT2D eigenvalue weighted by Gasteiger charge is -1.89. The van der Waals surface area contributed by atoms with Crippen molar-refractivity contribution in [2.45, 2.75) is 41.5 Å². The van der Waals surface area contributed by atoms with Crippen LogP contribution in [0.1, 0.15) is 39.1 Å². The second-order valence-corrected chi connectivity index (χ2v) is 5.31. The van der Waals surface area contributed by atoms with E-state index in [1.54, 1.807) is 12.1 Å². The molecule has 140 valence electrons. The highest BCUT2D eigenvalue weighted by molar-refractivity contribution is 5.81. The number of aryl methyl sites for hydroxylation is 2. The summed E-state index contributed by atoms with van der Waals surface area (Å²) in [6.45, 7) is 11.8. The molecule has 4 heteroatoms. The fraction of sp³-hybridized carbons (Fsp3) is 0.273. The smallest absolute Gasteiger partial charge is 0.147 e. The first-order valence-electron chi connectivity index (χ1n) is 9.02. The number of aromatic nitrogens is 2. The normalized spacial score (nSPS) is 9.54. The summed E-state index contributed by atoms with van der Waals surface area (Å²) >= 11 is 0. The summed E-state index contributed by atoms with van der Waals surface area (Å²) in [6, 6.07) is 13.8. The standard InChI is InChI=1S/2C9H8FN.2C2H6/c1-6-5-7-8(10)3-2-4-9(7)11-6;1-6-5-7-3-2-4-8(10)9(7)11-6;2*1-2/h2*2-5,11H,1H3;2*1-2H3. The molecule has 2 aromatic heterocycles. The van der Waals surface area contributed by atoms with E-state index in [1.807, 2.05) is 65.8 Å². The molecule has 0 aliphatic heterocycles. The van der Waals surface area contributed by atoms with Crippen LogP contribution in [0.4, 0.5) is 8.78 Å². The zero-order valence-electron chi connectivity index (χ0n) is 16.4. The maximum atomic E-state index is 13.0. The van der Waals surface area contributed by atoms with Gasteiger partial charge in [0.05, 0.1) is 5.52 Å². The lowest BCUT2D eigenvalue weighted by molar-refractivity contribution is 0.637. The van der Waals surface area contributed by atoms with Crippen molar-refractivity contribution in [2.24, 2.45) is 0 Å². The zero-order chi connectivity index (χ0) is 19.7. The Kier molecular flexibility index (Phi) is 8.56. The summed E-state index contributed by atoms with van der Waals surface area (Å²) in [6.07, 6.45) is 0. The lowest BCUT2D eigenvalue weighted by Crippen LogP contribution is -1.75. The molecule has 4 rings (SSSR count). The van der Waals surface area contributed by atoms with E-state index in [0.29, 0.717) is 10.9 Å². The van der Waals surface area contributed by atoms with Crippen molar-refractivity contribution in [3.63, 3.8) is 0 Å². The summed E-state index contributed by atoms with van der Waals surface area (Å²) < 4.78 is 25.9. The van der Waals surface area contributed by atoms with E-state index < -0.39 is 0 Å². The molecule has 2 nitrogen and oxygen atoms in total. The Bertz CT molecular complexity index is 858. The van der Waals surface area contributed by atoms with Crippen LogP contribution in [-0.2, 0) is 0 Å². The van der Waals surface area contributed by atoms with E-state index in [1.165, 1.54) is 12.1 Å². The van der Waals surface area contributed by atoms with Crippen LogP contribution in [0.15, 0.2) is 48.5 Å². The Morgan fingerprint density at radius 2 is 1.27 bits per heavy atom. The van der Waals surface area contributed by atoms with Gasteiger partial charge in [-0.05, 0) is 44.2 Å². The Morgan fingerprint density at radius 1 is 0.692 bits per heavy atom. The number of para-hydroxylation sites is 1. The van der Waals surface area contributed by atoms with Crippen LogP contribution in [0, 0.1) is 25.5 Å². The Labute approximate surface area is 154 Å². The van der Waals surface area contributed by atoms with E-state index in [4.69, 9.17) is 0 Å². The summed E-state index contributed by atoms with van der Waals surface area (Å²) in [5.41, 5.74) is 3.45. The van der Waals surface area contributed by atoms with Gasteiger partial charge in [0.1, 0.15) is 11.6 Å². The van der Waals surface area contributed by atoms with E-state index in [0.717, 1.165) is 22.3 Å². The van der Waals surface area contributed by atoms with Gasteiger partial charge in [0.2, 0.25) is 0 Å². The second-order valence-electron chi connectivity index (χ2n) is 5.31. The summed E-state index contributed by atoms with van der Waals surface area (Å²) in [7, 11) is 0. The van der Waals surface area contributed by atoms with Crippen LogP contribution in [0.5, 0.6) is 0 Å². The molecule has 2 N–H and O–H groups in total. The van der Waals surface area contributed by atoms with Gasteiger partial charge in [-0.3, -0.25) is 0 Å². The number of hydrogen-bond acceptors (Lipinski definition) is 0. The predicted octanol–water partition coefficient (Wildman–Crippen LogP) is 7.28. The van der Waals surface area contributed by atoms with E-state index in [-0.39, 0.29) is 11.6 Å². The van der Waals surface area contributed by atoms with Crippen LogP contribution >= 0.6 is 0 Å². The molecular formula is C22H28F2N2.